The number of rotatable bonds is 3. The van der Waals surface area contributed by atoms with Crippen molar-refractivity contribution < 1.29 is 4.79 Å². The lowest BCUT2D eigenvalue weighted by Crippen LogP contribution is -2.29. The summed E-state index contributed by atoms with van der Waals surface area (Å²) in [6.07, 6.45) is 0. The van der Waals surface area contributed by atoms with Crippen LogP contribution in [-0.2, 0) is 4.79 Å². The van der Waals surface area contributed by atoms with E-state index in [0.29, 0.717) is 6.54 Å². The Morgan fingerprint density at radius 2 is 1.57 bits per heavy atom. The van der Waals surface area contributed by atoms with E-state index < -0.39 is 0 Å². The molecule has 0 saturated carbocycles. The predicted octanol–water partition coefficient (Wildman–Crippen LogP) is 6.22. The number of hydrogen-bond acceptors (Lipinski definition) is 5. The lowest BCUT2D eigenvalue weighted by atomic mass is 10.1. The molecule has 6 heteroatoms. The Bertz CT molecular complexity index is 1220. The topological polar surface area (TPSA) is 35.9 Å². The highest BCUT2D eigenvalue weighted by atomic mass is 32.2. The van der Waals surface area contributed by atoms with Gasteiger partial charge < -0.3 is 4.90 Å². The number of thioether (sulfide) groups is 2. The highest BCUT2D eigenvalue weighted by Gasteiger charge is 2.38. The highest BCUT2D eigenvalue weighted by molar-refractivity contribution is 8.19. The summed E-state index contributed by atoms with van der Waals surface area (Å²) >= 11 is 3.16. The van der Waals surface area contributed by atoms with Gasteiger partial charge in [-0.3, -0.25) is 9.69 Å². The number of para-hydroxylation sites is 1. The van der Waals surface area contributed by atoms with Crippen LogP contribution in [0, 0.1) is 0 Å². The fourth-order valence-electron chi connectivity index (χ4n) is 3.77. The fourth-order valence-corrected chi connectivity index (χ4v) is 6.23. The minimum absolute atomic E-state index is 0.0378. The van der Waals surface area contributed by atoms with Gasteiger partial charge in [0.1, 0.15) is 9.93 Å². The third kappa shape index (κ3) is 3.20. The van der Waals surface area contributed by atoms with Crippen LogP contribution in [0.1, 0.15) is 13.8 Å². The van der Waals surface area contributed by atoms with Crippen molar-refractivity contribution in [3.63, 3.8) is 0 Å². The van der Waals surface area contributed by atoms with Crippen molar-refractivity contribution in [1.29, 1.82) is 0 Å². The van der Waals surface area contributed by atoms with E-state index in [1.807, 2.05) is 37.3 Å². The molecule has 1 fully saturated rings. The number of benzene rings is 3. The first-order valence-electron chi connectivity index (χ1n) is 10.1. The van der Waals surface area contributed by atoms with Gasteiger partial charge in [-0.1, -0.05) is 54.2 Å². The minimum Gasteiger partial charge on any atom is -0.334 e. The van der Waals surface area contributed by atoms with Crippen LogP contribution in [0.2, 0.25) is 0 Å². The Labute approximate surface area is 184 Å². The maximum atomic E-state index is 13.3. The molecule has 4 nitrogen and oxygen atoms in total. The zero-order chi connectivity index (χ0) is 20.7. The van der Waals surface area contributed by atoms with E-state index >= 15 is 0 Å². The van der Waals surface area contributed by atoms with Crippen molar-refractivity contribution >= 4 is 56.7 Å². The monoisotopic (exact) mass is 431 g/mol. The molecule has 0 unspecified atom stereocenters. The number of nitrogens with zero attached hydrogens (tertiary/aromatic N) is 3. The van der Waals surface area contributed by atoms with Crippen molar-refractivity contribution in [3.8, 4) is 0 Å². The SMILES string of the molecule is CCN1C(=O)/C(=C2/Sc3ccccc3N2CC)SC1=Nc1ccc2ccccc2c1. The molecule has 0 bridgehead atoms. The summed E-state index contributed by atoms with van der Waals surface area (Å²) in [6, 6.07) is 22.7. The molecule has 1 amide bonds. The third-order valence-electron chi connectivity index (χ3n) is 5.26. The van der Waals surface area contributed by atoms with Crippen LogP contribution in [0.3, 0.4) is 0 Å². The van der Waals surface area contributed by atoms with E-state index in [4.69, 9.17) is 4.99 Å². The zero-order valence-electron chi connectivity index (χ0n) is 16.8. The van der Waals surface area contributed by atoms with Crippen LogP contribution in [0.15, 0.2) is 86.6 Å². The van der Waals surface area contributed by atoms with Crippen LogP contribution in [-0.4, -0.2) is 29.1 Å². The molecule has 0 radical (unpaired) electrons. The normalized spacial score (nSPS) is 19.9. The van der Waals surface area contributed by atoms with Crippen LogP contribution < -0.4 is 4.90 Å². The summed E-state index contributed by atoms with van der Waals surface area (Å²) in [5.41, 5.74) is 2.03. The standard InChI is InChI=1S/C24H21N3OS2/c1-3-26-19-11-7-8-12-20(19)29-23(26)21-22(28)27(4-2)24(30-21)25-18-14-13-16-9-5-6-10-17(16)15-18/h5-15H,3-4H2,1-2H3/b23-21-,25-24?. The zero-order valence-corrected chi connectivity index (χ0v) is 18.5. The molecule has 2 aliphatic heterocycles. The van der Waals surface area contributed by atoms with E-state index in [2.05, 4.69) is 48.2 Å². The van der Waals surface area contributed by atoms with Gasteiger partial charge in [0.25, 0.3) is 5.91 Å². The van der Waals surface area contributed by atoms with Crippen LogP contribution in [0.5, 0.6) is 0 Å². The molecule has 0 N–H and O–H groups in total. The summed E-state index contributed by atoms with van der Waals surface area (Å²) in [7, 11) is 0. The quantitative estimate of drug-likeness (QED) is 0.461. The third-order valence-corrected chi connectivity index (χ3v) is 7.63. The first-order chi connectivity index (χ1) is 14.7. The number of carbonyl (C=O) groups is 1. The lowest BCUT2D eigenvalue weighted by molar-refractivity contribution is -0.122. The molecule has 0 aromatic heterocycles. The number of amidine groups is 1. The molecular formula is C24H21N3OS2. The molecule has 5 rings (SSSR count). The van der Waals surface area contributed by atoms with Crippen LogP contribution in [0.25, 0.3) is 10.8 Å². The molecule has 1 saturated heterocycles. The summed E-state index contributed by atoms with van der Waals surface area (Å²) in [4.78, 5) is 24.1. The Balaban J connectivity index is 1.55. The van der Waals surface area contributed by atoms with Crippen LogP contribution >= 0.6 is 23.5 Å². The van der Waals surface area contributed by atoms with Crippen molar-refractivity contribution in [2.75, 3.05) is 18.0 Å². The van der Waals surface area contributed by atoms with Crippen molar-refractivity contribution in [3.05, 3.63) is 76.7 Å². The van der Waals surface area contributed by atoms with Crippen molar-refractivity contribution in [2.45, 2.75) is 18.7 Å². The molecule has 30 heavy (non-hydrogen) atoms. The molecule has 3 aromatic carbocycles. The van der Waals surface area contributed by atoms with Gasteiger partial charge in [0.2, 0.25) is 0 Å². The second-order valence-corrected chi connectivity index (χ2v) is 9.03. The van der Waals surface area contributed by atoms with Gasteiger partial charge in [-0.25, -0.2) is 4.99 Å². The van der Waals surface area contributed by atoms with Gasteiger partial charge in [0.15, 0.2) is 5.17 Å². The van der Waals surface area contributed by atoms with Gasteiger partial charge in [0.05, 0.1) is 11.4 Å². The molecular weight excluding hydrogens is 410 g/mol. The molecule has 0 aliphatic carbocycles. The van der Waals surface area contributed by atoms with E-state index in [1.54, 1.807) is 16.7 Å². The molecule has 0 spiro atoms. The first kappa shape index (κ1) is 19.3. The van der Waals surface area contributed by atoms with Gasteiger partial charge in [0, 0.05) is 18.0 Å². The maximum Gasteiger partial charge on any atom is 0.269 e. The fraction of sp³-hybridized carbons (Fsp3) is 0.167. The summed E-state index contributed by atoms with van der Waals surface area (Å²) < 4.78 is 0. The maximum absolute atomic E-state index is 13.3. The smallest absolute Gasteiger partial charge is 0.269 e. The molecule has 2 heterocycles. The Morgan fingerprint density at radius 1 is 0.833 bits per heavy atom. The first-order valence-corrected chi connectivity index (χ1v) is 11.7. The summed E-state index contributed by atoms with van der Waals surface area (Å²) in [6.45, 7) is 5.53. The van der Waals surface area contributed by atoms with Crippen LogP contribution in [0.4, 0.5) is 11.4 Å². The number of anilines is 1. The second kappa shape index (κ2) is 7.85. The largest absolute Gasteiger partial charge is 0.334 e. The molecule has 150 valence electrons. The Kier molecular flexibility index (Phi) is 5.05. The van der Waals surface area contributed by atoms with Crippen molar-refractivity contribution in [2.24, 2.45) is 4.99 Å². The Morgan fingerprint density at radius 3 is 2.37 bits per heavy atom. The average molecular weight is 432 g/mol. The molecule has 2 aliphatic rings. The Hall–Kier alpha value is -2.70. The van der Waals surface area contributed by atoms with Gasteiger partial charge in [-0.15, -0.1) is 0 Å². The number of hydrogen-bond donors (Lipinski definition) is 0. The lowest BCUT2D eigenvalue weighted by Gasteiger charge is -2.19. The number of fused-ring (bicyclic) bond motifs is 2. The molecule has 0 atom stereocenters. The minimum atomic E-state index is 0.0378. The number of amides is 1. The molecule has 3 aromatic rings. The number of likely N-dealkylation sites (N-methyl/N-ethyl adjacent to an activating group) is 1. The predicted molar refractivity (Wildman–Crippen MR) is 128 cm³/mol. The van der Waals surface area contributed by atoms with Gasteiger partial charge in [-0.2, -0.15) is 0 Å². The van der Waals surface area contributed by atoms with E-state index in [-0.39, 0.29) is 5.91 Å². The summed E-state index contributed by atoms with van der Waals surface area (Å²) in [5, 5.41) is 4.09. The van der Waals surface area contributed by atoms with Gasteiger partial charge in [-0.05, 0) is 60.6 Å². The highest BCUT2D eigenvalue weighted by Crippen LogP contribution is 2.50. The number of carbonyl (C=O) groups excluding carboxylic acids is 1. The number of aliphatic imine (C=N–C) groups is 1. The van der Waals surface area contributed by atoms with E-state index in [0.717, 1.165) is 32.7 Å². The van der Waals surface area contributed by atoms with E-state index in [9.17, 15) is 4.79 Å². The van der Waals surface area contributed by atoms with Gasteiger partial charge >= 0.3 is 0 Å². The summed E-state index contributed by atoms with van der Waals surface area (Å²) in [5.74, 6) is 0.0378. The second-order valence-electron chi connectivity index (χ2n) is 7.03. The average Bonchev–Trinajstić information content (AvgIpc) is 3.30. The van der Waals surface area contributed by atoms with E-state index in [1.165, 1.54) is 27.7 Å². The van der Waals surface area contributed by atoms with Crippen molar-refractivity contribution in [1.82, 2.24) is 4.90 Å².